The lowest BCUT2D eigenvalue weighted by Crippen LogP contribution is -2.30. The molecule has 2 heterocycles. The molecule has 0 spiro atoms. The Balaban J connectivity index is 0. The van der Waals surface area contributed by atoms with Crippen LogP contribution in [0, 0.1) is 19.3 Å². The molecule has 2 aromatic rings. The van der Waals surface area contributed by atoms with Crippen molar-refractivity contribution < 1.29 is 14.5 Å². The summed E-state index contributed by atoms with van der Waals surface area (Å²) < 4.78 is 2.08. The Morgan fingerprint density at radius 3 is 2.18 bits per heavy atom. The number of carboxylic acid groups (broad SMARTS) is 1. The van der Waals surface area contributed by atoms with Gasteiger partial charge in [-0.25, -0.2) is 14.3 Å². The average Bonchev–Trinajstić information content (AvgIpc) is 3.04. The van der Waals surface area contributed by atoms with Crippen LogP contribution >= 0.6 is 11.3 Å². The molecule has 120 valence electrons. The minimum Gasteiger partial charge on any atom is -0.476 e. The van der Waals surface area contributed by atoms with Crippen molar-refractivity contribution in [2.24, 2.45) is 7.05 Å². The summed E-state index contributed by atoms with van der Waals surface area (Å²) in [5, 5.41) is 10.2. The second-order valence-corrected chi connectivity index (χ2v) is 4.30. The minimum absolute atomic E-state index is 0.0120. The fourth-order valence-corrected chi connectivity index (χ4v) is 1.64. The molecule has 0 amide bonds. The lowest BCUT2D eigenvalue weighted by molar-refractivity contribution is -0.677. The lowest BCUT2D eigenvalue weighted by Gasteiger charge is -1.87. The number of pyridine rings is 1. The van der Waals surface area contributed by atoms with Gasteiger partial charge in [-0.15, -0.1) is 17.8 Å². The van der Waals surface area contributed by atoms with Crippen molar-refractivity contribution in [1.29, 1.82) is 0 Å². The fourth-order valence-electron chi connectivity index (χ4n) is 1.05. The monoisotopic (exact) mass is 321 g/mol. The summed E-state index contributed by atoms with van der Waals surface area (Å²) in [6.45, 7) is 10.1. The van der Waals surface area contributed by atoms with E-state index < -0.39 is 5.97 Å². The number of aromatic carboxylic acids is 1. The predicted molar refractivity (Wildman–Crippen MR) is 92.1 cm³/mol. The Labute approximate surface area is 137 Å². The van der Waals surface area contributed by atoms with Gasteiger partial charge in [0.2, 0.25) is 0 Å². The average molecular weight is 321 g/mol. The molecule has 0 radical (unpaired) electrons. The van der Waals surface area contributed by atoms with Gasteiger partial charge in [-0.2, -0.15) is 0 Å². The Morgan fingerprint density at radius 1 is 1.32 bits per heavy atom. The second kappa shape index (κ2) is 13.8. The summed E-state index contributed by atoms with van der Waals surface area (Å²) >= 11 is 1.15. The van der Waals surface area contributed by atoms with Crippen LogP contribution in [0.2, 0.25) is 0 Å². The third-order valence-corrected chi connectivity index (χ3v) is 2.93. The van der Waals surface area contributed by atoms with Crippen molar-refractivity contribution >= 4 is 17.3 Å². The van der Waals surface area contributed by atoms with Crippen LogP contribution in [0.15, 0.2) is 29.8 Å². The van der Waals surface area contributed by atoms with Gasteiger partial charge in [-0.1, -0.05) is 33.8 Å². The highest BCUT2D eigenvalue weighted by atomic mass is 32.1. The van der Waals surface area contributed by atoms with Crippen LogP contribution < -0.4 is 4.57 Å². The van der Waals surface area contributed by atoms with Crippen molar-refractivity contribution in [3.63, 3.8) is 0 Å². The molecule has 0 saturated carbocycles. The summed E-state index contributed by atoms with van der Waals surface area (Å²) in [6.07, 6.45) is 7.01. The molecule has 0 aromatic carbocycles. The maximum Gasteiger partial charge on any atom is 0.355 e. The molecule has 4 nitrogen and oxygen atoms in total. The maximum atomic E-state index is 10.2. The first kappa shape index (κ1) is 22.1. The van der Waals surface area contributed by atoms with Crippen molar-refractivity contribution in [2.75, 3.05) is 0 Å². The summed E-state index contributed by atoms with van der Waals surface area (Å²) in [6, 6.07) is 6.14. The van der Waals surface area contributed by atoms with Gasteiger partial charge in [-0.3, -0.25) is 0 Å². The minimum atomic E-state index is -1.04. The van der Waals surface area contributed by atoms with Gasteiger partial charge >= 0.3 is 5.97 Å². The first-order valence-corrected chi connectivity index (χ1v) is 7.99. The zero-order valence-corrected chi connectivity index (χ0v) is 14.9. The van der Waals surface area contributed by atoms with Crippen LogP contribution in [0.4, 0.5) is 0 Å². The zero-order valence-electron chi connectivity index (χ0n) is 14.1. The smallest absolute Gasteiger partial charge is 0.355 e. The summed E-state index contributed by atoms with van der Waals surface area (Å²) in [7, 11) is 2.04. The van der Waals surface area contributed by atoms with Gasteiger partial charge in [0, 0.05) is 24.4 Å². The number of rotatable bonds is 1. The van der Waals surface area contributed by atoms with E-state index in [1.54, 1.807) is 0 Å². The van der Waals surface area contributed by atoms with E-state index in [0.29, 0.717) is 5.01 Å². The first-order chi connectivity index (χ1) is 10.5. The van der Waals surface area contributed by atoms with E-state index in [4.69, 9.17) is 11.5 Å². The Hall–Kier alpha value is -2.19. The van der Waals surface area contributed by atoms with E-state index in [1.807, 2.05) is 53.1 Å². The molecule has 1 N–H and O–H groups in total. The van der Waals surface area contributed by atoms with Crippen molar-refractivity contribution in [3.05, 3.63) is 46.2 Å². The Bertz CT molecular complexity index is 565. The highest BCUT2D eigenvalue weighted by Gasteiger charge is 2.05. The first-order valence-electron chi connectivity index (χ1n) is 7.11. The van der Waals surface area contributed by atoms with Crippen LogP contribution in [0.25, 0.3) is 0 Å². The van der Waals surface area contributed by atoms with E-state index in [-0.39, 0.29) is 5.69 Å². The quantitative estimate of drug-likeness (QED) is 0.644. The molecule has 0 bridgehead atoms. The molecular formula is C17H25N2O2S+. The van der Waals surface area contributed by atoms with Crippen LogP contribution in [0.1, 0.15) is 48.9 Å². The van der Waals surface area contributed by atoms with Crippen LogP contribution in [-0.2, 0) is 7.05 Å². The SMILES string of the molecule is C#Cc1nc(C(=O)O)cs1.CC.CC.Cc1cccc[n+]1C. The number of carbonyl (C=O) groups is 1. The highest BCUT2D eigenvalue weighted by Crippen LogP contribution is 2.07. The van der Waals surface area contributed by atoms with Gasteiger partial charge in [0.1, 0.15) is 7.05 Å². The van der Waals surface area contributed by atoms with Crippen LogP contribution in [-0.4, -0.2) is 16.1 Å². The van der Waals surface area contributed by atoms with Crippen molar-refractivity contribution in [2.45, 2.75) is 34.6 Å². The molecule has 2 rings (SSSR count). The molecular weight excluding hydrogens is 296 g/mol. The van der Waals surface area contributed by atoms with E-state index in [9.17, 15) is 4.79 Å². The van der Waals surface area contributed by atoms with Gasteiger partial charge in [0.05, 0.1) is 0 Å². The van der Waals surface area contributed by atoms with E-state index in [1.165, 1.54) is 11.1 Å². The molecule has 0 aliphatic carbocycles. The Morgan fingerprint density at radius 2 is 1.91 bits per heavy atom. The third-order valence-electron chi connectivity index (χ3n) is 2.16. The number of aryl methyl sites for hydroxylation is 2. The van der Waals surface area contributed by atoms with Gasteiger partial charge in [0.25, 0.3) is 0 Å². The predicted octanol–water partition coefficient (Wildman–Crippen LogP) is 3.69. The molecule has 0 fully saturated rings. The van der Waals surface area contributed by atoms with Crippen molar-refractivity contribution in [1.82, 2.24) is 4.98 Å². The van der Waals surface area contributed by atoms with Gasteiger partial charge in [-0.05, 0) is 5.92 Å². The lowest BCUT2D eigenvalue weighted by atomic mass is 10.4. The third kappa shape index (κ3) is 8.88. The molecule has 0 aliphatic rings. The number of terminal acetylenes is 1. The fraction of sp³-hybridized carbons (Fsp3) is 0.353. The number of carboxylic acids is 1. The number of nitrogens with zero attached hydrogens (tertiary/aromatic N) is 2. The molecule has 2 aromatic heterocycles. The van der Waals surface area contributed by atoms with Gasteiger partial charge < -0.3 is 5.11 Å². The standard InChI is InChI=1S/C7H10N.C6H3NO2S.2C2H6/c1-7-5-3-4-6-8(7)2;1-2-5-7-4(3-10-5)6(8)9;2*1-2/h3-6H,1-2H3;1,3H,(H,8,9);2*1-2H3/q+1;;;. The number of aromatic nitrogens is 2. The summed E-state index contributed by atoms with van der Waals surface area (Å²) in [4.78, 5) is 13.8. The highest BCUT2D eigenvalue weighted by molar-refractivity contribution is 7.10. The number of hydrogen-bond donors (Lipinski definition) is 1. The van der Waals surface area contributed by atoms with E-state index in [2.05, 4.69) is 28.5 Å². The van der Waals surface area contributed by atoms with Crippen LogP contribution in [0.5, 0.6) is 0 Å². The van der Waals surface area contributed by atoms with Crippen molar-refractivity contribution in [3.8, 4) is 12.3 Å². The van der Waals surface area contributed by atoms with Crippen LogP contribution in [0.3, 0.4) is 0 Å². The van der Waals surface area contributed by atoms with E-state index >= 15 is 0 Å². The molecule has 0 aliphatic heterocycles. The Kier molecular flexibility index (Phi) is 13.8. The zero-order chi connectivity index (χ0) is 17.5. The summed E-state index contributed by atoms with van der Waals surface area (Å²) in [5.41, 5.74) is 1.30. The largest absolute Gasteiger partial charge is 0.476 e. The molecule has 0 atom stereocenters. The molecule has 22 heavy (non-hydrogen) atoms. The molecule has 0 saturated heterocycles. The topological polar surface area (TPSA) is 54.1 Å². The number of hydrogen-bond acceptors (Lipinski definition) is 3. The molecule has 5 heteroatoms. The maximum absolute atomic E-state index is 10.2. The number of thiazole rings is 1. The molecule has 0 unspecified atom stereocenters. The second-order valence-electron chi connectivity index (χ2n) is 3.44. The van der Waals surface area contributed by atoms with E-state index in [0.717, 1.165) is 11.3 Å². The normalized spacial score (nSPS) is 7.86. The van der Waals surface area contributed by atoms with Gasteiger partial charge in [0.15, 0.2) is 22.6 Å². The summed E-state index contributed by atoms with van der Waals surface area (Å²) in [5.74, 6) is 1.20.